The van der Waals surface area contributed by atoms with E-state index < -0.39 is 10.0 Å². The number of hydrogen-bond acceptors (Lipinski definition) is 4. The first-order valence-corrected chi connectivity index (χ1v) is 9.96. The number of ether oxygens (including phenoxy) is 1. The molecule has 0 amide bonds. The molecule has 0 spiro atoms. The molecule has 2 saturated heterocycles. The SMILES string of the molecule is CCCc1ccc(S(=O)(=O)N2CCN([C@@H]3CCOC3)CC2)cc1. The highest BCUT2D eigenvalue weighted by atomic mass is 32.2. The van der Waals surface area contributed by atoms with E-state index in [1.165, 1.54) is 5.56 Å². The highest BCUT2D eigenvalue weighted by molar-refractivity contribution is 7.89. The van der Waals surface area contributed by atoms with Crippen molar-refractivity contribution in [2.75, 3.05) is 39.4 Å². The molecule has 2 heterocycles. The number of rotatable bonds is 5. The van der Waals surface area contributed by atoms with E-state index in [1.54, 1.807) is 16.4 Å². The van der Waals surface area contributed by atoms with Crippen LogP contribution < -0.4 is 0 Å². The van der Waals surface area contributed by atoms with E-state index in [9.17, 15) is 8.42 Å². The van der Waals surface area contributed by atoms with Gasteiger partial charge in [-0.25, -0.2) is 8.42 Å². The molecule has 5 nitrogen and oxygen atoms in total. The molecular formula is C17H26N2O3S. The lowest BCUT2D eigenvalue weighted by Crippen LogP contribution is -2.52. The summed E-state index contributed by atoms with van der Waals surface area (Å²) in [5.41, 5.74) is 1.19. The van der Waals surface area contributed by atoms with Crippen LogP contribution in [0.4, 0.5) is 0 Å². The van der Waals surface area contributed by atoms with Crippen molar-refractivity contribution in [2.45, 2.75) is 37.1 Å². The van der Waals surface area contributed by atoms with Crippen LogP contribution in [0.1, 0.15) is 25.3 Å². The summed E-state index contributed by atoms with van der Waals surface area (Å²) in [6, 6.07) is 7.83. The number of hydrogen-bond donors (Lipinski definition) is 0. The van der Waals surface area contributed by atoms with E-state index in [0.717, 1.165) is 45.6 Å². The molecule has 1 aromatic rings. The minimum atomic E-state index is -3.37. The Morgan fingerprint density at radius 2 is 1.83 bits per heavy atom. The summed E-state index contributed by atoms with van der Waals surface area (Å²) in [5.74, 6) is 0. The predicted octanol–water partition coefficient (Wildman–Crippen LogP) is 1.73. The van der Waals surface area contributed by atoms with Crippen LogP contribution in [0, 0.1) is 0 Å². The highest BCUT2D eigenvalue weighted by Gasteiger charge is 2.32. The minimum absolute atomic E-state index is 0.412. The topological polar surface area (TPSA) is 49.9 Å². The van der Waals surface area contributed by atoms with Gasteiger partial charge in [0, 0.05) is 38.8 Å². The zero-order chi connectivity index (χ0) is 16.3. The lowest BCUT2D eigenvalue weighted by atomic mass is 10.1. The van der Waals surface area contributed by atoms with Gasteiger partial charge >= 0.3 is 0 Å². The van der Waals surface area contributed by atoms with Crippen LogP contribution in [-0.4, -0.2) is 63.1 Å². The molecule has 0 saturated carbocycles. The Morgan fingerprint density at radius 3 is 2.39 bits per heavy atom. The van der Waals surface area contributed by atoms with Crippen LogP contribution in [0.25, 0.3) is 0 Å². The fourth-order valence-electron chi connectivity index (χ4n) is 3.38. The summed E-state index contributed by atoms with van der Waals surface area (Å²) >= 11 is 0. The summed E-state index contributed by atoms with van der Waals surface area (Å²) < 4.78 is 32.6. The average molecular weight is 338 g/mol. The van der Waals surface area contributed by atoms with Gasteiger partial charge in [-0.1, -0.05) is 25.5 Å². The first kappa shape index (κ1) is 16.9. The molecule has 23 heavy (non-hydrogen) atoms. The molecule has 0 N–H and O–H groups in total. The second-order valence-corrected chi connectivity index (χ2v) is 8.29. The third-order valence-electron chi connectivity index (χ3n) is 4.80. The van der Waals surface area contributed by atoms with Gasteiger partial charge in [-0.3, -0.25) is 4.90 Å². The maximum absolute atomic E-state index is 12.8. The van der Waals surface area contributed by atoms with E-state index in [2.05, 4.69) is 11.8 Å². The fraction of sp³-hybridized carbons (Fsp3) is 0.647. The molecule has 0 radical (unpaired) electrons. The normalized spacial score (nSPS) is 24.1. The number of sulfonamides is 1. The van der Waals surface area contributed by atoms with E-state index >= 15 is 0 Å². The molecule has 0 aromatic heterocycles. The molecule has 0 aliphatic carbocycles. The van der Waals surface area contributed by atoms with Crippen molar-refractivity contribution in [3.05, 3.63) is 29.8 Å². The molecule has 2 fully saturated rings. The van der Waals surface area contributed by atoms with Gasteiger partial charge in [0.25, 0.3) is 0 Å². The summed E-state index contributed by atoms with van der Waals surface area (Å²) in [5, 5.41) is 0. The monoisotopic (exact) mass is 338 g/mol. The van der Waals surface area contributed by atoms with Gasteiger partial charge in [-0.15, -0.1) is 0 Å². The quantitative estimate of drug-likeness (QED) is 0.820. The van der Waals surface area contributed by atoms with Crippen LogP contribution in [0.2, 0.25) is 0 Å². The Hall–Kier alpha value is -0.950. The lowest BCUT2D eigenvalue weighted by Gasteiger charge is -2.36. The number of aryl methyl sites for hydroxylation is 1. The third kappa shape index (κ3) is 3.76. The number of piperazine rings is 1. The second kappa shape index (κ2) is 7.30. The molecular weight excluding hydrogens is 312 g/mol. The van der Waals surface area contributed by atoms with Crippen molar-refractivity contribution in [1.82, 2.24) is 9.21 Å². The Kier molecular flexibility index (Phi) is 5.36. The summed E-state index contributed by atoms with van der Waals surface area (Å²) in [6.45, 7) is 6.45. The lowest BCUT2D eigenvalue weighted by molar-refractivity contribution is 0.113. The van der Waals surface area contributed by atoms with E-state index in [0.29, 0.717) is 24.0 Å². The Bertz CT molecular complexity index is 601. The smallest absolute Gasteiger partial charge is 0.243 e. The van der Waals surface area contributed by atoms with Gasteiger partial charge in [-0.2, -0.15) is 4.31 Å². The van der Waals surface area contributed by atoms with Gasteiger partial charge < -0.3 is 4.74 Å². The van der Waals surface area contributed by atoms with Crippen LogP contribution in [0.15, 0.2) is 29.2 Å². The predicted molar refractivity (Wildman–Crippen MR) is 90.0 cm³/mol. The fourth-order valence-corrected chi connectivity index (χ4v) is 4.81. The zero-order valence-corrected chi connectivity index (χ0v) is 14.6. The number of nitrogens with zero attached hydrogens (tertiary/aromatic N) is 2. The van der Waals surface area contributed by atoms with Gasteiger partial charge in [0.05, 0.1) is 11.5 Å². The third-order valence-corrected chi connectivity index (χ3v) is 6.71. The average Bonchev–Trinajstić information content (AvgIpc) is 3.10. The highest BCUT2D eigenvalue weighted by Crippen LogP contribution is 2.21. The molecule has 2 aliphatic heterocycles. The van der Waals surface area contributed by atoms with Gasteiger partial charge in [0.2, 0.25) is 10.0 Å². The van der Waals surface area contributed by atoms with Crippen molar-refractivity contribution < 1.29 is 13.2 Å². The van der Waals surface area contributed by atoms with Crippen molar-refractivity contribution in [1.29, 1.82) is 0 Å². The van der Waals surface area contributed by atoms with Crippen LogP contribution >= 0.6 is 0 Å². The Morgan fingerprint density at radius 1 is 1.13 bits per heavy atom. The largest absolute Gasteiger partial charge is 0.380 e. The Balaban J connectivity index is 1.63. The molecule has 0 bridgehead atoms. The minimum Gasteiger partial charge on any atom is -0.380 e. The van der Waals surface area contributed by atoms with Crippen LogP contribution in [0.5, 0.6) is 0 Å². The van der Waals surface area contributed by atoms with E-state index in [1.807, 2.05) is 12.1 Å². The van der Waals surface area contributed by atoms with Gasteiger partial charge in [-0.05, 0) is 30.5 Å². The van der Waals surface area contributed by atoms with Crippen LogP contribution in [0.3, 0.4) is 0 Å². The zero-order valence-electron chi connectivity index (χ0n) is 13.8. The first-order valence-electron chi connectivity index (χ1n) is 8.52. The van der Waals surface area contributed by atoms with E-state index in [4.69, 9.17) is 4.74 Å². The maximum atomic E-state index is 12.8. The maximum Gasteiger partial charge on any atom is 0.243 e. The van der Waals surface area contributed by atoms with Crippen molar-refractivity contribution in [3.63, 3.8) is 0 Å². The number of benzene rings is 1. The summed E-state index contributed by atoms with van der Waals surface area (Å²) in [4.78, 5) is 2.78. The Labute approximate surface area is 139 Å². The summed E-state index contributed by atoms with van der Waals surface area (Å²) in [7, 11) is -3.37. The first-order chi connectivity index (χ1) is 11.1. The van der Waals surface area contributed by atoms with E-state index in [-0.39, 0.29) is 0 Å². The molecule has 6 heteroatoms. The van der Waals surface area contributed by atoms with Crippen LogP contribution in [-0.2, 0) is 21.2 Å². The summed E-state index contributed by atoms with van der Waals surface area (Å²) in [6.07, 6.45) is 3.12. The molecule has 128 valence electrons. The van der Waals surface area contributed by atoms with Crippen molar-refractivity contribution in [2.24, 2.45) is 0 Å². The molecule has 0 unspecified atom stereocenters. The molecule has 1 aromatic carbocycles. The molecule has 1 atom stereocenters. The molecule has 2 aliphatic rings. The van der Waals surface area contributed by atoms with Crippen molar-refractivity contribution in [3.8, 4) is 0 Å². The molecule has 3 rings (SSSR count). The van der Waals surface area contributed by atoms with Crippen molar-refractivity contribution >= 4 is 10.0 Å². The van der Waals surface area contributed by atoms with Gasteiger partial charge in [0.15, 0.2) is 0 Å². The van der Waals surface area contributed by atoms with Gasteiger partial charge in [0.1, 0.15) is 0 Å². The standard InChI is InChI=1S/C17H26N2O3S/c1-2-3-15-4-6-17(7-5-15)23(20,21)19-11-9-18(10-12-19)16-8-13-22-14-16/h4-7,16H,2-3,8-14H2,1H3/t16-/m1/s1. The second-order valence-electron chi connectivity index (χ2n) is 6.35.